The molecule has 0 aliphatic heterocycles. The van der Waals surface area contributed by atoms with Crippen molar-refractivity contribution in [1.82, 2.24) is 10.3 Å². The molecule has 0 aliphatic rings. The van der Waals surface area contributed by atoms with Gasteiger partial charge in [0, 0.05) is 18.8 Å². The second-order valence-corrected chi connectivity index (χ2v) is 4.56. The van der Waals surface area contributed by atoms with E-state index in [0.717, 1.165) is 31.1 Å². The highest BCUT2D eigenvalue weighted by molar-refractivity contribution is 5.39. The molecule has 1 heterocycles. The van der Waals surface area contributed by atoms with Gasteiger partial charge >= 0.3 is 0 Å². The number of hydrogen-bond acceptors (Lipinski definition) is 3. The largest absolute Gasteiger partial charge is 0.370 e. The van der Waals surface area contributed by atoms with Crippen LogP contribution >= 0.6 is 0 Å². The van der Waals surface area contributed by atoms with E-state index in [9.17, 15) is 0 Å². The molecule has 16 heavy (non-hydrogen) atoms. The summed E-state index contributed by atoms with van der Waals surface area (Å²) in [4.78, 5) is 4.43. The lowest BCUT2D eigenvalue weighted by molar-refractivity contribution is 0.552. The van der Waals surface area contributed by atoms with Crippen LogP contribution in [0.1, 0.15) is 32.0 Å². The van der Waals surface area contributed by atoms with Gasteiger partial charge in [-0.15, -0.1) is 0 Å². The minimum Gasteiger partial charge on any atom is -0.370 e. The van der Waals surface area contributed by atoms with Crippen LogP contribution in [0.2, 0.25) is 0 Å². The Morgan fingerprint density at radius 1 is 1.31 bits per heavy atom. The molecule has 0 bridgehead atoms. The standard InChI is InChI=1S/C13H23N3/c1-5-15-13-7-12(6-11(4)16-13)9-14-8-10(2)3/h6-7,10,14H,5,8-9H2,1-4H3,(H,15,16). The molecule has 0 saturated carbocycles. The maximum absolute atomic E-state index is 4.43. The van der Waals surface area contributed by atoms with Gasteiger partial charge < -0.3 is 10.6 Å². The summed E-state index contributed by atoms with van der Waals surface area (Å²) in [6.07, 6.45) is 0. The molecule has 0 aliphatic carbocycles. The fraction of sp³-hybridized carbons (Fsp3) is 0.615. The van der Waals surface area contributed by atoms with Crippen LogP contribution in [0.5, 0.6) is 0 Å². The molecule has 1 aromatic rings. The van der Waals surface area contributed by atoms with Crippen LogP contribution in [0.15, 0.2) is 12.1 Å². The number of nitrogens with one attached hydrogen (secondary N) is 2. The molecule has 0 spiro atoms. The fourth-order valence-corrected chi connectivity index (χ4v) is 1.62. The van der Waals surface area contributed by atoms with Gasteiger partial charge in [0.15, 0.2) is 0 Å². The number of aromatic nitrogens is 1. The van der Waals surface area contributed by atoms with E-state index in [1.54, 1.807) is 0 Å². The highest BCUT2D eigenvalue weighted by atomic mass is 15.0. The zero-order valence-corrected chi connectivity index (χ0v) is 10.8. The Bertz CT molecular complexity index is 321. The lowest BCUT2D eigenvalue weighted by atomic mass is 10.2. The zero-order valence-electron chi connectivity index (χ0n) is 10.8. The summed E-state index contributed by atoms with van der Waals surface area (Å²) < 4.78 is 0. The van der Waals surface area contributed by atoms with E-state index in [2.05, 4.69) is 48.5 Å². The van der Waals surface area contributed by atoms with Gasteiger partial charge in [0.2, 0.25) is 0 Å². The number of hydrogen-bond donors (Lipinski definition) is 2. The number of rotatable bonds is 6. The van der Waals surface area contributed by atoms with Gasteiger partial charge in [0.25, 0.3) is 0 Å². The van der Waals surface area contributed by atoms with Crippen molar-refractivity contribution in [3.63, 3.8) is 0 Å². The summed E-state index contributed by atoms with van der Waals surface area (Å²) in [5.41, 5.74) is 2.36. The van der Waals surface area contributed by atoms with Gasteiger partial charge in [0.05, 0.1) is 0 Å². The average molecular weight is 221 g/mol. The Morgan fingerprint density at radius 2 is 2.06 bits per heavy atom. The summed E-state index contributed by atoms with van der Waals surface area (Å²) >= 11 is 0. The van der Waals surface area contributed by atoms with Crippen molar-refractivity contribution in [3.05, 3.63) is 23.4 Å². The molecule has 2 N–H and O–H groups in total. The average Bonchev–Trinajstić information content (AvgIpc) is 2.16. The van der Waals surface area contributed by atoms with Crippen molar-refractivity contribution >= 4 is 5.82 Å². The first-order valence-electron chi connectivity index (χ1n) is 6.04. The summed E-state index contributed by atoms with van der Waals surface area (Å²) in [7, 11) is 0. The van der Waals surface area contributed by atoms with E-state index < -0.39 is 0 Å². The maximum atomic E-state index is 4.43. The predicted octanol–water partition coefficient (Wildman–Crippen LogP) is 2.57. The zero-order chi connectivity index (χ0) is 12.0. The molecule has 0 radical (unpaired) electrons. The quantitative estimate of drug-likeness (QED) is 0.775. The molecule has 0 saturated heterocycles. The van der Waals surface area contributed by atoms with Crippen LogP contribution in [-0.4, -0.2) is 18.1 Å². The van der Waals surface area contributed by atoms with Crippen molar-refractivity contribution in [2.45, 2.75) is 34.2 Å². The minimum absolute atomic E-state index is 0.691. The van der Waals surface area contributed by atoms with E-state index in [4.69, 9.17) is 0 Å². The second kappa shape index (κ2) is 6.48. The third kappa shape index (κ3) is 4.62. The van der Waals surface area contributed by atoms with Crippen molar-refractivity contribution in [2.75, 3.05) is 18.4 Å². The highest BCUT2D eigenvalue weighted by Gasteiger charge is 2.00. The lowest BCUT2D eigenvalue weighted by Gasteiger charge is -2.10. The molecule has 90 valence electrons. The van der Waals surface area contributed by atoms with Crippen molar-refractivity contribution < 1.29 is 0 Å². The molecule has 3 heteroatoms. The van der Waals surface area contributed by atoms with Crippen LogP contribution in [0, 0.1) is 12.8 Å². The normalized spacial score (nSPS) is 10.8. The summed E-state index contributed by atoms with van der Waals surface area (Å²) in [5, 5.41) is 6.69. The first kappa shape index (κ1) is 13.0. The Balaban J connectivity index is 2.58. The molecule has 0 aromatic carbocycles. The SMILES string of the molecule is CCNc1cc(CNCC(C)C)cc(C)n1. The molecule has 0 amide bonds. The first-order chi connectivity index (χ1) is 7.61. The van der Waals surface area contributed by atoms with Crippen LogP contribution in [0.3, 0.4) is 0 Å². The van der Waals surface area contributed by atoms with Crippen LogP contribution in [0.4, 0.5) is 5.82 Å². The van der Waals surface area contributed by atoms with E-state index in [1.165, 1.54) is 5.56 Å². The molecule has 0 unspecified atom stereocenters. The smallest absolute Gasteiger partial charge is 0.126 e. The van der Waals surface area contributed by atoms with Crippen LogP contribution in [0.25, 0.3) is 0 Å². The van der Waals surface area contributed by atoms with E-state index in [-0.39, 0.29) is 0 Å². The van der Waals surface area contributed by atoms with Gasteiger partial charge in [-0.3, -0.25) is 0 Å². The van der Waals surface area contributed by atoms with Crippen LogP contribution in [-0.2, 0) is 6.54 Å². The molecule has 1 rings (SSSR count). The number of aryl methyl sites for hydroxylation is 1. The molecular weight excluding hydrogens is 198 g/mol. The number of nitrogens with zero attached hydrogens (tertiary/aromatic N) is 1. The second-order valence-electron chi connectivity index (χ2n) is 4.56. The highest BCUT2D eigenvalue weighted by Crippen LogP contribution is 2.09. The maximum Gasteiger partial charge on any atom is 0.126 e. The third-order valence-electron chi connectivity index (χ3n) is 2.25. The summed E-state index contributed by atoms with van der Waals surface area (Å²) in [6.45, 7) is 11.4. The van der Waals surface area contributed by atoms with Crippen molar-refractivity contribution in [1.29, 1.82) is 0 Å². The monoisotopic (exact) mass is 221 g/mol. The molecule has 3 nitrogen and oxygen atoms in total. The molecule has 0 fully saturated rings. The number of anilines is 1. The van der Waals surface area contributed by atoms with Crippen molar-refractivity contribution in [2.24, 2.45) is 5.92 Å². The summed E-state index contributed by atoms with van der Waals surface area (Å²) in [5.74, 6) is 1.67. The molecule has 0 atom stereocenters. The van der Waals surface area contributed by atoms with E-state index >= 15 is 0 Å². The fourth-order valence-electron chi connectivity index (χ4n) is 1.62. The Hall–Kier alpha value is -1.09. The lowest BCUT2D eigenvalue weighted by Crippen LogP contribution is -2.19. The number of pyridine rings is 1. The van der Waals surface area contributed by atoms with Gasteiger partial charge in [-0.05, 0) is 44.0 Å². The van der Waals surface area contributed by atoms with Gasteiger partial charge in [-0.1, -0.05) is 13.8 Å². The Labute approximate surface area is 98.7 Å². The predicted molar refractivity (Wildman–Crippen MR) is 69.7 cm³/mol. The van der Waals surface area contributed by atoms with Gasteiger partial charge in [0.1, 0.15) is 5.82 Å². The van der Waals surface area contributed by atoms with Gasteiger partial charge in [-0.25, -0.2) is 4.98 Å². The topological polar surface area (TPSA) is 37.0 Å². The summed E-state index contributed by atoms with van der Waals surface area (Å²) in [6, 6.07) is 4.25. The Morgan fingerprint density at radius 3 is 2.69 bits per heavy atom. The van der Waals surface area contributed by atoms with Crippen molar-refractivity contribution in [3.8, 4) is 0 Å². The van der Waals surface area contributed by atoms with E-state index in [0.29, 0.717) is 5.92 Å². The minimum atomic E-state index is 0.691. The first-order valence-corrected chi connectivity index (χ1v) is 6.04. The molecular formula is C13H23N3. The third-order valence-corrected chi connectivity index (χ3v) is 2.25. The van der Waals surface area contributed by atoms with E-state index in [1.807, 2.05) is 6.92 Å². The van der Waals surface area contributed by atoms with Crippen LogP contribution < -0.4 is 10.6 Å². The Kier molecular flexibility index (Phi) is 5.26. The molecule has 1 aromatic heterocycles. The van der Waals surface area contributed by atoms with Gasteiger partial charge in [-0.2, -0.15) is 0 Å².